The van der Waals surface area contributed by atoms with Gasteiger partial charge in [0.15, 0.2) is 0 Å². The zero-order valence-corrected chi connectivity index (χ0v) is 16.4. The number of benzene rings is 1. The summed E-state index contributed by atoms with van der Waals surface area (Å²) in [5.41, 5.74) is -0.293. The summed E-state index contributed by atoms with van der Waals surface area (Å²) in [7, 11) is 0. The number of hydrogen-bond acceptors (Lipinski definition) is 4. The van der Waals surface area contributed by atoms with Gasteiger partial charge in [-0.25, -0.2) is 4.79 Å². The van der Waals surface area contributed by atoms with Crippen LogP contribution < -0.4 is 16.6 Å². The Morgan fingerprint density at radius 1 is 1.22 bits per heavy atom. The smallest absolute Gasteiger partial charge is 0.328 e. The van der Waals surface area contributed by atoms with Crippen LogP contribution in [0.5, 0.6) is 0 Å². The van der Waals surface area contributed by atoms with E-state index in [9.17, 15) is 14.4 Å². The number of nitrogens with one attached hydrogen (secondary N) is 2. The van der Waals surface area contributed by atoms with Gasteiger partial charge in [-0.1, -0.05) is 19.1 Å². The van der Waals surface area contributed by atoms with E-state index in [2.05, 4.69) is 17.2 Å². The van der Waals surface area contributed by atoms with E-state index in [1.54, 1.807) is 24.3 Å². The van der Waals surface area contributed by atoms with Crippen LogP contribution in [-0.4, -0.2) is 46.0 Å². The molecule has 1 fully saturated rings. The number of H-pyrrole nitrogens is 1. The zero-order chi connectivity index (χ0) is 18.5. The number of para-hydroxylation sites is 1. The van der Waals surface area contributed by atoms with Crippen molar-refractivity contribution >= 4 is 29.2 Å². The summed E-state index contributed by atoms with van der Waals surface area (Å²) in [6, 6.07) is 7.25. The molecule has 1 aromatic carbocycles. The van der Waals surface area contributed by atoms with Gasteiger partial charge in [-0.2, -0.15) is 0 Å². The number of rotatable bonds is 6. The predicted molar refractivity (Wildman–Crippen MR) is 109 cm³/mol. The van der Waals surface area contributed by atoms with Crippen LogP contribution >= 0.6 is 12.4 Å². The monoisotopic (exact) mass is 394 g/mol. The molecule has 1 aliphatic heterocycles. The standard InChI is InChI=1S/C19H26N4O3.ClH/c1-2-12-22(14-7-10-20-11-8-14)17(24)9-13-23-16-6-4-3-5-15(16)18(25)21-19(23)26;/h3-6,14,20H,2,7-13H2,1H3,(H,21,25,26);1H. The highest BCUT2D eigenvalue weighted by atomic mass is 35.5. The first-order valence-corrected chi connectivity index (χ1v) is 9.34. The maximum atomic E-state index is 12.8. The van der Waals surface area contributed by atoms with E-state index in [1.165, 1.54) is 4.57 Å². The Kier molecular flexibility index (Phi) is 7.62. The summed E-state index contributed by atoms with van der Waals surface area (Å²) in [6.45, 7) is 4.94. The van der Waals surface area contributed by atoms with Crippen molar-refractivity contribution in [2.45, 2.75) is 45.2 Å². The SMILES string of the molecule is CCCN(C(=O)CCn1c(=O)[nH]c(=O)c2ccccc21)C1CCNCC1.Cl. The second-order valence-electron chi connectivity index (χ2n) is 6.75. The first-order chi connectivity index (χ1) is 12.6. The van der Waals surface area contributed by atoms with Crippen LogP contribution in [0.2, 0.25) is 0 Å². The molecule has 0 unspecified atom stereocenters. The highest BCUT2D eigenvalue weighted by molar-refractivity contribution is 5.85. The van der Waals surface area contributed by atoms with E-state index in [1.807, 2.05) is 4.90 Å². The second-order valence-corrected chi connectivity index (χ2v) is 6.75. The molecule has 3 rings (SSSR count). The Morgan fingerprint density at radius 2 is 1.93 bits per heavy atom. The van der Waals surface area contributed by atoms with Crippen molar-refractivity contribution in [3.63, 3.8) is 0 Å². The number of piperidine rings is 1. The summed E-state index contributed by atoms with van der Waals surface area (Å²) in [5, 5.41) is 3.79. The van der Waals surface area contributed by atoms with E-state index in [-0.39, 0.29) is 37.3 Å². The Morgan fingerprint density at radius 3 is 2.63 bits per heavy atom. The molecule has 0 atom stereocenters. The number of aromatic nitrogens is 2. The van der Waals surface area contributed by atoms with E-state index < -0.39 is 11.2 Å². The van der Waals surface area contributed by atoms with Crippen molar-refractivity contribution in [2.24, 2.45) is 0 Å². The average Bonchev–Trinajstić information content (AvgIpc) is 2.66. The molecule has 1 aliphatic rings. The van der Waals surface area contributed by atoms with Crippen molar-refractivity contribution in [2.75, 3.05) is 19.6 Å². The third-order valence-electron chi connectivity index (χ3n) is 4.99. The van der Waals surface area contributed by atoms with Gasteiger partial charge in [-0.05, 0) is 44.5 Å². The molecular weight excluding hydrogens is 368 g/mol. The fourth-order valence-corrected chi connectivity index (χ4v) is 3.69. The van der Waals surface area contributed by atoms with Gasteiger partial charge < -0.3 is 10.2 Å². The largest absolute Gasteiger partial charge is 0.340 e. The van der Waals surface area contributed by atoms with Crippen LogP contribution in [0.15, 0.2) is 33.9 Å². The molecule has 7 nitrogen and oxygen atoms in total. The topological polar surface area (TPSA) is 87.2 Å². The number of halogens is 1. The molecule has 1 amide bonds. The maximum absolute atomic E-state index is 12.8. The molecule has 0 aliphatic carbocycles. The van der Waals surface area contributed by atoms with Crippen LogP contribution in [0.3, 0.4) is 0 Å². The normalized spacial score (nSPS) is 14.7. The number of carbonyl (C=O) groups excluding carboxylic acids is 1. The molecule has 1 saturated heterocycles. The number of aryl methyl sites for hydroxylation is 1. The molecule has 2 aromatic rings. The summed E-state index contributed by atoms with van der Waals surface area (Å²) in [5.74, 6) is 0.0703. The first kappa shape index (κ1) is 21.2. The number of nitrogens with zero attached hydrogens (tertiary/aromatic N) is 2. The minimum Gasteiger partial charge on any atom is -0.340 e. The Labute approximate surface area is 164 Å². The summed E-state index contributed by atoms with van der Waals surface area (Å²) >= 11 is 0. The lowest BCUT2D eigenvalue weighted by atomic mass is 10.0. The van der Waals surface area contributed by atoms with Crippen molar-refractivity contribution in [1.82, 2.24) is 19.8 Å². The van der Waals surface area contributed by atoms with Crippen LogP contribution in [0.1, 0.15) is 32.6 Å². The average molecular weight is 395 g/mol. The van der Waals surface area contributed by atoms with Crippen molar-refractivity contribution in [3.05, 3.63) is 45.1 Å². The lowest BCUT2D eigenvalue weighted by Gasteiger charge is -2.34. The van der Waals surface area contributed by atoms with Gasteiger partial charge in [0, 0.05) is 25.6 Å². The highest BCUT2D eigenvalue weighted by Gasteiger charge is 2.24. The number of hydrogen-bond donors (Lipinski definition) is 2. The Balaban J connectivity index is 0.00000261. The molecule has 8 heteroatoms. The lowest BCUT2D eigenvalue weighted by Crippen LogP contribution is -2.46. The minimum absolute atomic E-state index is 0. The van der Waals surface area contributed by atoms with Gasteiger partial charge in [0.1, 0.15) is 0 Å². The van der Waals surface area contributed by atoms with Gasteiger partial charge in [0.25, 0.3) is 5.56 Å². The van der Waals surface area contributed by atoms with Crippen LogP contribution in [-0.2, 0) is 11.3 Å². The maximum Gasteiger partial charge on any atom is 0.328 e. The molecule has 0 spiro atoms. The van der Waals surface area contributed by atoms with E-state index in [4.69, 9.17) is 0 Å². The lowest BCUT2D eigenvalue weighted by molar-refractivity contribution is -0.134. The van der Waals surface area contributed by atoms with Crippen LogP contribution in [0.25, 0.3) is 10.9 Å². The molecule has 2 N–H and O–H groups in total. The quantitative estimate of drug-likeness (QED) is 0.777. The Bertz CT molecular complexity index is 886. The fourth-order valence-electron chi connectivity index (χ4n) is 3.69. The van der Waals surface area contributed by atoms with Gasteiger partial charge in [0.05, 0.1) is 10.9 Å². The van der Waals surface area contributed by atoms with E-state index in [0.717, 1.165) is 38.9 Å². The van der Waals surface area contributed by atoms with E-state index >= 15 is 0 Å². The number of amides is 1. The van der Waals surface area contributed by atoms with Crippen molar-refractivity contribution in [1.29, 1.82) is 0 Å². The Hall–Kier alpha value is -2.12. The van der Waals surface area contributed by atoms with Crippen LogP contribution in [0.4, 0.5) is 0 Å². The van der Waals surface area contributed by atoms with Gasteiger partial charge in [-0.3, -0.25) is 19.1 Å². The fraction of sp³-hybridized carbons (Fsp3) is 0.526. The van der Waals surface area contributed by atoms with Gasteiger partial charge >= 0.3 is 5.69 Å². The summed E-state index contributed by atoms with van der Waals surface area (Å²) in [4.78, 5) is 41.3. The third-order valence-corrected chi connectivity index (χ3v) is 4.99. The van der Waals surface area contributed by atoms with Crippen LogP contribution in [0, 0.1) is 0 Å². The second kappa shape index (κ2) is 9.71. The molecule has 0 radical (unpaired) electrons. The molecule has 2 heterocycles. The predicted octanol–water partition coefficient (Wildman–Crippen LogP) is 1.49. The third kappa shape index (κ3) is 4.78. The molecular formula is C19H27ClN4O3. The van der Waals surface area contributed by atoms with E-state index in [0.29, 0.717) is 10.9 Å². The number of aromatic amines is 1. The molecule has 148 valence electrons. The van der Waals surface area contributed by atoms with Crippen molar-refractivity contribution < 1.29 is 4.79 Å². The number of carbonyl (C=O) groups is 1. The van der Waals surface area contributed by atoms with Gasteiger partial charge in [-0.15, -0.1) is 12.4 Å². The van der Waals surface area contributed by atoms with Gasteiger partial charge in [0.2, 0.25) is 5.91 Å². The van der Waals surface area contributed by atoms with Crippen molar-refractivity contribution in [3.8, 4) is 0 Å². The first-order valence-electron chi connectivity index (χ1n) is 9.34. The molecule has 0 saturated carbocycles. The minimum atomic E-state index is -0.467. The summed E-state index contributed by atoms with van der Waals surface area (Å²) < 4.78 is 1.49. The summed E-state index contributed by atoms with van der Waals surface area (Å²) in [6.07, 6.45) is 3.09. The zero-order valence-electron chi connectivity index (χ0n) is 15.6. The molecule has 0 bridgehead atoms. The molecule has 27 heavy (non-hydrogen) atoms. The number of fused-ring (bicyclic) bond motifs is 1. The highest BCUT2D eigenvalue weighted by Crippen LogP contribution is 2.15. The molecule has 1 aromatic heterocycles.